The van der Waals surface area contributed by atoms with Gasteiger partial charge in [-0.1, -0.05) is 50.2 Å². The number of hydrogen-bond acceptors (Lipinski definition) is 4. The van der Waals surface area contributed by atoms with Gasteiger partial charge in [-0.2, -0.15) is 0 Å². The number of benzene rings is 2. The Balaban J connectivity index is 1.65. The fraction of sp³-hybridized carbons (Fsp3) is 0.552. The van der Waals surface area contributed by atoms with Crippen LogP contribution in [0.25, 0.3) is 0 Å². The summed E-state index contributed by atoms with van der Waals surface area (Å²) in [5.41, 5.74) is 2.84. The molecule has 5 heteroatoms. The lowest BCUT2D eigenvalue weighted by Gasteiger charge is -2.51. The predicted octanol–water partition coefficient (Wildman–Crippen LogP) is 6.55. The second kappa shape index (κ2) is 9.99. The molecule has 1 fully saturated rings. The number of aliphatic carboxylic acids is 1. The summed E-state index contributed by atoms with van der Waals surface area (Å²) in [5.74, 6) is 0.779. The van der Waals surface area contributed by atoms with E-state index in [9.17, 15) is 9.90 Å². The lowest BCUT2D eigenvalue weighted by atomic mass is 9.70. The van der Waals surface area contributed by atoms with Crippen LogP contribution in [0.3, 0.4) is 0 Å². The molecule has 2 aromatic rings. The van der Waals surface area contributed by atoms with Crippen LogP contribution < -0.4 is 9.47 Å². The monoisotopic (exact) mass is 466 g/mol. The van der Waals surface area contributed by atoms with Crippen molar-refractivity contribution in [1.29, 1.82) is 0 Å². The van der Waals surface area contributed by atoms with Crippen molar-refractivity contribution in [2.24, 2.45) is 11.8 Å². The van der Waals surface area contributed by atoms with Crippen LogP contribution in [0.15, 0.2) is 42.5 Å². The maximum absolute atomic E-state index is 12.3. The van der Waals surface area contributed by atoms with Crippen molar-refractivity contribution in [3.8, 4) is 11.5 Å². The van der Waals surface area contributed by atoms with Gasteiger partial charge in [0, 0.05) is 11.5 Å². The van der Waals surface area contributed by atoms with Crippen LogP contribution in [-0.2, 0) is 16.0 Å². The molecule has 4 rings (SSSR count). The third-order valence-corrected chi connectivity index (χ3v) is 7.72. The van der Waals surface area contributed by atoms with Gasteiger partial charge < -0.3 is 19.3 Å². The molecule has 5 nitrogen and oxygen atoms in total. The molecule has 184 valence electrons. The zero-order valence-electron chi connectivity index (χ0n) is 21.0. The third-order valence-electron chi connectivity index (χ3n) is 7.72. The molecule has 0 bridgehead atoms. The highest BCUT2D eigenvalue weighted by molar-refractivity contribution is 5.71. The summed E-state index contributed by atoms with van der Waals surface area (Å²) in [5, 5.41) is 10.1. The largest absolute Gasteiger partial charge is 0.494 e. The van der Waals surface area contributed by atoms with E-state index < -0.39 is 17.5 Å². The topological polar surface area (TPSA) is 65.0 Å². The molecule has 0 amide bonds. The highest BCUT2D eigenvalue weighted by atomic mass is 16.5. The van der Waals surface area contributed by atoms with Crippen LogP contribution in [0.4, 0.5) is 0 Å². The van der Waals surface area contributed by atoms with Crippen molar-refractivity contribution in [3.63, 3.8) is 0 Å². The maximum atomic E-state index is 12.3. The smallest absolute Gasteiger partial charge is 0.309 e. The second-order valence-electron chi connectivity index (χ2n) is 10.2. The van der Waals surface area contributed by atoms with E-state index in [-0.39, 0.29) is 18.1 Å². The first-order valence-electron chi connectivity index (χ1n) is 12.7. The second-order valence-corrected chi connectivity index (χ2v) is 10.2. The van der Waals surface area contributed by atoms with Crippen molar-refractivity contribution in [1.82, 2.24) is 0 Å². The van der Waals surface area contributed by atoms with Gasteiger partial charge in [0.15, 0.2) is 0 Å². The van der Waals surface area contributed by atoms with Gasteiger partial charge >= 0.3 is 5.97 Å². The fourth-order valence-corrected chi connectivity index (χ4v) is 5.56. The number of hydrogen-bond donors (Lipinski definition) is 1. The summed E-state index contributed by atoms with van der Waals surface area (Å²) in [4.78, 5) is 12.3. The minimum absolute atomic E-state index is 0.0276. The van der Waals surface area contributed by atoms with E-state index >= 15 is 0 Å². The van der Waals surface area contributed by atoms with Crippen molar-refractivity contribution >= 4 is 5.97 Å². The quantitative estimate of drug-likeness (QED) is 0.478. The highest BCUT2D eigenvalue weighted by Gasteiger charge is 2.52. The van der Waals surface area contributed by atoms with Crippen LogP contribution in [-0.4, -0.2) is 29.4 Å². The molecular formula is C29H38O5. The molecule has 0 spiro atoms. The van der Waals surface area contributed by atoms with E-state index in [0.717, 1.165) is 29.0 Å². The Morgan fingerprint density at radius 1 is 1.18 bits per heavy atom. The molecule has 2 aromatic carbocycles. The number of aryl methyl sites for hydroxylation is 1. The van der Waals surface area contributed by atoms with E-state index in [1.165, 1.54) is 5.56 Å². The molecule has 34 heavy (non-hydrogen) atoms. The number of carboxylic acids is 1. The van der Waals surface area contributed by atoms with Gasteiger partial charge in [0.2, 0.25) is 0 Å². The molecule has 0 saturated carbocycles. The maximum Gasteiger partial charge on any atom is 0.309 e. The van der Waals surface area contributed by atoms with E-state index in [1.54, 1.807) is 0 Å². The van der Waals surface area contributed by atoms with Crippen LogP contribution in [0.2, 0.25) is 0 Å². The Hall–Kier alpha value is -2.53. The lowest BCUT2D eigenvalue weighted by molar-refractivity contribution is -0.188. The fourth-order valence-electron chi connectivity index (χ4n) is 5.56. The summed E-state index contributed by atoms with van der Waals surface area (Å²) in [6, 6.07) is 14.3. The molecule has 0 aliphatic carbocycles. The normalized spacial score (nSPS) is 26.0. The van der Waals surface area contributed by atoms with E-state index in [4.69, 9.17) is 14.2 Å². The molecule has 2 aliphatic rings. The standard InChI is InChI=1S/C29H38O5/c1-6-18(3)20-12-10-13-21-26(20)34-29(4,5)23-17-22(28(30)31)25(33-27(21)23)16-15-19-11-8-9-14-24(19)32-7-2/h8-14,18,22-23,25,27H,6-7,15-17H2,1-5H3,(H,30,31)/t18-,22+,23+,25+,27-/m1/s1. The third kappa shape index (κ3) is 4.68. The van der Waals surface area contributed by atoms with Gasteiger partial charge in [0.05, 0.1) is 24.7 Å². The van der Waals surface area contributed by atoms with Gasteiger partial charge in [0.1, 0.15) is 17.1 Å². The van der Waals surface area contributed by atoms with Crippen LogP contribution in [0.5, 0.6) is 11.5 Å². The molecule has 0 aromatic heterocycles. The van der Waals surface area contributed by atoms with Gasteiger partial charge in [0.25, 0.3) is 0 Å². The van der Waals surface area contributed by atoms with Crippen LogP contribution in [0.1, 0.15) is 82.6 Å². The minimum atomic E-state index is -0.795. The Kier molecular flexibility index (Phi) is 7.22. The number of rotatable bonds is 8. The van der Waals surface area contributed by atoms with Crippen molar-refractivity contribution < 1.29 is 24.1 Å². The van der Waals surface area contributed by atoms with Crippen molar-refractivity contribution in [2.45, 2.75) is 84.0 Å². The molecule has 2 heterocycles. The van der Waals surface area contributed by atoms with E-state index in [1.807, 2.05) is 25.1 Å². The predicted molar refractivity (Wildman–Crippen MR) is 133 cm³/mol. The molecule has 5 atom stereocenters. The minimum Gasteiger partial charge on any atom is -0.494 e. The number of para-hydroxylation sites is 2. The lowest BCUT2D eigenvalue weighted by Crippen LogP contribution is -2.52. The average molecular weight is 467 g/mol. The first-order valence-corrected chi connectivity index (χ1v) is 12.7. The first-order chi connectivity index (χ1) is 16.3. The Labute approximate surface area is 203 Å². The number of fused-ring (bicyclic) bond motifs is 3. The zero-order valence-corrected chi connectivity index (χ0v) is 21.0. The Morgan fingerprint density at radius 2 is 1.94 bits per heavy atom. The molecule has 0 unspecified atom stereocenters. The summed E-state index contributed by atoms with van der Waals surface area (Å²) in [6.45, 7) is 11.1. The van der Waals surface area contributed by atoms with Crippen LogP contribution >= 0.6 is 0 Å². The van der Waals surface area contributed by atoms with Gasteiger partial charge in [-0.05, 0) is 69.6 Å². The highest BCUT2D eigenvalue weighted by Crippen LogP contribution is 2.54. The molecule has 1 saturated heterocycles. The summed E-state index contributed by atoms with van der Waals surface area (Å²) in [7, 11) is 0. The molecule has 1 N–H and O–H groups in total. The number of ether oxygens (including phenoxy) is 3. The van der Waals surface area contributed by atoms with Crippen molar-refractivity contribution in [2.75, 3.05) is 6.61 Å². The summed E-state index contributed by atoms with van der Waals surface area (Å²) in [6.07, 6.45) is 2.36. The molecular weight excluding hydrogens is 428 g/mol. The first kappa shape index (κ1) is 24.6. The van der Waals surface area contributed by atoms with Gasteiger partial charge in [-0.3, -0.25) is 4.79 Å². The van der Waals surface area contributed by atoms with Gasteiger partial charge in [-0.25, -0.2) is 0 Å². The number of carboxylic acid groups (broad SMARTS) is 1. The summed E-state index contributed by atoms with van der Waals surface area (Å²) < 4.78 is 19.1. The average Bonchev–Trinajstić information content (AvgIpc) is 2.82. The molecule has 2 aliphatic heterocycles. The molecule has 0 radical (unpaired) electrons. The van der Waals surface area contributed by atoms with Crippen molar-refractivity contribution in [3.05, 3.63) is 59.2 Å². The van der Waals surface area contributed by atoms with E-state index in [2.05, 4.69) is 52.0 Å². The van der Waals surface area contributed by atoms with Crippen LogP contribution in [0, 0.1) is 11.8 Å². The van der Waals surface area contributed by atoms with E-state index in [0.29, 0.717) is 31.8 Å². The Bertz CT molecular complexity index is 1010. The number of carbonyl (C=O) groups is 1. The summed E-state index contributed by atoms with van der Waals surface area (Å²) >= 11 is 0. The Morgan fingerprint density at radius 3 is 2.65 bits per heavy atom. The van der Waals surface area contributed by atoms with Gasteiger partial charge in [-0.15, -0.1) is 0 Å². The zero-order chi connectivity index (χ0) is 24.5. The SMILES string of the molecule is CCOc1ccccc1CC[C@@H]1O[C@@H]2c3cccc([C@H](C)CC)c3OC(C)(C)[C@H]2C[C@@H]1C(=O)O.